The van der Waals surface area contributed by atoms with Crippen molar-refractivity contribution in [1.82, 2.24) is 0 Å². The number of aryl methyl sites for hydroxylation is 1. The molecule has 0 aromatic heterocycles. The Hall–Kier alpha value is -1.22. The monoisotopic (exact) mass is 185 g/mol. The second kappa shape index (κ2) is 3.03. The molecule has 0 radical (unpaired) electrons. The van der Waals surface area contributed by atoms with Crippen LogP contribution in [0.2, 0.25) is 5.02 Å². The van der Waals surface area contributed by atoms with Crippen LogP contribution in [0, 0.1) is 6.92 Å². The van der Waals surface area contributed by atoms with E-state index in [1.54, 1.807) is 13.0 Å². The van der Waals surface area contributed by atoms with Crippen LogP contribution in [0.3, 0.4) is 0 Å². The number of carboxylic acid groups (broad SMARTS) is 1. The third-order valence-corrected chi connectivity index (χ3v) is 2.01. The molecular formula is C8H8ClNO2. The zero-order chi connectivity index (χ0) is 9.30. The molecule has 0 bridgehead atoms. The second-order valence-corrected chi connectivity index (χ2v) is 2.88. The Labute approximate surface area is 74.8 Å². The van der Waals surface area contributed by atoms with E-state index in [0.717, 1.165) is 0 Å². The molecule has 1 aromatic carbocycles. The average molecular weight is 186 g/mol. The number of carbonyl (C=O) groups is 1. The van der Waals surface area contributed by atoms with Gasteiger partial charge in [0.15, 0.2) is 0 Å². The Kier molecular flexibility index (Phi) is 2.24. The quantitative estimate of drug-likeness (QED) is 0.658. The highest BCUT2D eigenvalue weighted by Crippen LogP contribution is 2.23. The number of hydrogen-bond acceptors (Lipinski definition) is 2. The lowest BCUT2D eigenvalue weighted by atomic mass is 10.1. The van der Waals surface area contributed by atoms with Crippen molar-refractivity contribution >= 4 is 23.3 Å². The molecule has 1 aromatic rings. The number of benzene rings is 1. The zero-order valence-electron chi connectivity index (χ0n) is 6.47. The highest BCUT2D eigenvalue weighted by molar-refractivity contribution is 6.34. The van der Waals surface area contributed by atoms with E-state index in [4.69, 9.17) is 22.4 Å². The number of nitrogen functional groups attached to an aromatic ring is 1. The summed E-state index contributed by atoms with van der Waals surface area (Å²) in [6.07, 6.45) is 0. The number of anilines is 1. The highest BCUT2D eigenvalue weighted by atomic mass is 35.5. The normalized spacial score (nSPS) is 9.83. The molecule has 0 saturated carbocycles. The highest BCUT2D eigenvalue weighted by Gasteiger charge is 2.10. The van der Waals surface area contributed by atoms with E-state index in [0.29, 0.717) is 11.3 Å². The maximum Gasteiger partial charge on any atom is 0.337 e. The molecule has 64 valence electrons. The third-order valence-electron chi connectivity index (χ3n) is 1.51. The summed E-state index contributed by atoms with van der Waals surface area (Å²) in [5.41, 5.74) is 6.58. The van der Waals surface area contributed by atoms with Crippen molar-refractivity contribution in [2.45, 2.75) is 6.92 Å². The summed E-state index contributed by atoms with van der Waals surface area (Å²) in [6.45, 7) is 1.71. The van der Waals surface area contributed by atoms with E-state index in [-0.39, 0.29) is 10.6 Å². The number of halogens is 1. The largest absolute Gasteiger partial charge is 0.478 e. The Morgan fingerprint density at radius 3 is 2.67 bits per heavy atom. The van der Waals surface area contributed by atoms with Gasteiger partial charge in [0, 0.05) is 5.69 Å². The van der Waals surface area contributed by atoms with Gasteiger partial charge in [-0.3, -0.25) is 0 Å². The Morgan fingerprint density at radius 2 is 2.17 bits per heavy atom. The van der Waals surface area contributed by atoms with E-state index < -0.39 is 5.97 Å². The topological polar surface area (TPSA) is 63.3 Å². The molecule has 0 saturated heterocycles. The van der Waals surface area contributed by atoms with Crippen LogP contribution < -0.4 is 5.73 Å². The van der Waals surface area contributed by atoms with E-state index >= 15 is 0 Å². The molecule has 3 N–H and O–H groups in total. The van der Waals surface area contributed by atoms with Crippen LogP contribution in [0.4, 0.5) is 5.69 Å². The van der Waals surface area contributed by atoms with Crippen molar-refractivity contribution in [2.24, 2.45) is 0 Å². The van der Waals surface area contributed by atoms with Gasteiger partial charge in [-0.15, -0.1) is 0 Å². The van der Waals surface area contributed by atoms with Crippen molar-refractivity contribution in [2.75, 3.05) is 5.73 Å². The molecule has 0 heterocycles. The Balaban J connectivity index is 3.37. The molecule has 0 unspecified atom stereocenters. The summed E-state index contributed by atoms with van der Waals surface area (Å²) >= 11 is 5.72. The molecule has 1 rings (SSSR count). The number of rotatable bonds is 1. The van der Waals surface area contributed by atoms with Crippen molar-refractivity contribution in [3.63, 3.8) is 0 Å². The fourth-order valence-corrected chi connectivity index (χ4v) is 1.14. The fraction of sp³-hybridized carbons (Fsp3) is 0.125. The van der Waals surface area contributed by atoms with Crippen LogP contribution in [0.1, 0.15) is 15.9 Å². The van der Waals surface area contributed by atoms with E-state index in [1.807, 2.05) is 0 Å². The van der Waals surface area contributed by atoms with Gasteiger partial charge in [0.2, 0.25) is 0 Å². The minimum atomic E-state index is -1.06. The first-order valence-corrected chi connectivity index (χ1v) is 3.69. The summed E-state index contributed by atoms with van der Waals surface area (Å²) in [6, 6.07) is 2.98. The van der Waals surface area contributed by atoms with Gasteiger partial charge >= 0.3 is 5.97 Å². The lowest BCUT2D eigenvalue weighted by Gasteiger charge is -2.03. The maximum absolute atomic E-state index is 10.6. The molecule has 0 aliphatic carbocycles. The van der Waals surface area contributed by atoms with Crippen molar-refractivity contribution in [3.05, 3.63) is 28.3 Å². The minimum Gasteiger partial charge on any atom is -0.478 e. The van der Waals surface area contributed by atoms with Gasteiger partial charge in [-0.05, 0) is 24.6 Å². The molecule has 4 heteroatoms. The van der Waals surface area contributed by atoms with Gasteiger partial charge in [-0.2, -0.15) is 0 Å². The molecular weight excluding hydrogens is 178 g/mol. The first kappa shape index (κ1) is 8.87. The van der Waals surface area contributed by atoms with Crippen molar-refractivity contribution in [1.29, 1.82) is 0 Å². The van der Waals surface area contributed by atoms with Gasteiger partial charge in [-0.1, -0.05) is 11.6 Å². The van der Waals surface area contributed by atoms with Gasteiger partial charge in [-0.25, -0.2) is 4.79 Å². The summed E-state index contributed by atoms with van der Waals surface area (Å²) in [5, 5.41) is 8.92. The smallest absolute Gasteiger partial charge is 0.337 e. The van der Waals surface area contributed by atoms with Gasteiger partial charge in [0.05, 0.1) is 10.6 Å². The first-order valence-electron chi connectivity index (χ1n) is 3.31. The number of nitrogens with two attached hydrogens (primary N) is 1. The average Bonchev–Trinajstić information content (AvgIpc) is 1.96. The van der Waals surface area contributed by atoms with Gasteiger partial charge in [0.25, 0.3) is 0 Å². The summed E-state index contributed by atoms with van der Waals surface area (Å²) < 4.78 is 0. The summed E-state index contributed by atoms with van der Waals surface area (Å²) in [5.74, 6) is -1.06. The predicted molar refractivity (Wildman–Crippen MR) is 47.6 cm³/mol. The summed E-state index contributed by atoms with van der Waals surface area (Å²) in [4.78, 5) is 10.6. The number of carboxylic acids is 1. The molecule has 0 aliphatic rings. The van der Waals surface area contributed by atoms with Gasteiger partial charge in [0.1, 0.15) is 0 Å². The molecule has 3 nitrogen and oxygen atoms in total. The molecule has 0 fully saturated rings. The first-order chi connectivity index (χ1) is 5.52. The molecule has 0 aliphatic heterocycles. The van der Waals surface area contributed by atoms with Crippen molar-refractivity contribution < 1.29 is 9.90 Å². The molecule has 0 atom stereocenters. The third kappa shape index (κ3) is 1.51. The van der Waals surface area contributed by atoms with Gasteiger partial charge < -0.3 is 10.8 Å². The van der Waals surface area contributed by atoms with E-state index in [2.05, 4.69) is 0 Å². The minimum absolute atomic E-state index is 0.0502. The summed E-state index contributed by atoms with van der Waals surface area (Å²) in [7, 11) is 0. The second-order valence-electron chi connectivity index (χ2n) is 2.50. The Morgan fingerprint density at radius 1 is 1.58 bits per heavy atom. The van der Waals surface area contributed by atoms with E-state index in [1.165, 1.54) is 6.07 Å². The van der Waals surface area contributed by atoms with Crippen molar-refractivity contribution in [3.8, 4) is 0 Å². The fourth-order valence-electron chi connectivity index (χ4n) is 0.953. The van der Waals surface area contributed by atoms with Crippen LogP contribution in [0.5, 0.6) is 0 Å². The molecule has 12 heavy (non-hydrogen) atoms. The number of hydrogen-bond donors (Lipinski definition) is 2. The van der Waals surface area contributed by atoms with Crippen LogP contribution in [0.25, 0.3) is 0 Å². The SMILES string of the molecule is Cc1cc(N)cc(C(=O)O)c1Cl. The van der Waals surface area contributed by atoms with E-state index in [9.17, 15) is 4.79 Å². The predicted octanol–water partition coefficient (Wildman–Crippen LogP) is 1.93. The Bertz CT molecular complexity index is 336. The molecule has 0 spiro atoms. The lowest BCUT2D eigenvalue weighted by Crippen LogP contribution is -2.00. The van der Waals surface area contributed by atoms with Crippen LogP contribution in [-0.4, -0.2) is 11.1 Å². The van der Waals surface area contributed by atoms with Crippen LogP contribution in [-0.2, 0) is 0 Å². The van der Waals surface area contributed by atoms with Crippen LogP contribution in [0.15, 0.2) is 12.1 Å². The maximum atomic E-state index is 10.6. The van der Waals surface area contributed by atoms with Crippen LogP contribution >= 0.6 is 11.6 Å². The molecule has 0 amide bonds. The zero-order valence-corrected chi connectivity index (χ0v) is 7.22. The lowest BCUT2D eigenvalue weighted by molar-refractivity contribution is 0.0697. The standard InChI is InChI=1S/C8H8ClNO2/c1-4-2-5(10)3-6(7(4)9)8(11)12/h2-3H,10H2,1H3,(H,11,12). The number of aromatic carboxylic acids is 1.